The summed E-state index contributed by atoms with van der Waals surface area (Å²) < 4.78 is 5.60. The fourth-order valence-electron chi connectivity index (χ4n) is 2.32. The lowest BCUT2D eigenvalue weighted by Crippen LogP contribution is -2.00. The molecule has 0 aliphatic heterocycles. The summed E-state index contributed by atoms with van der Waals surface area (Å²) in [5.74, 6) is 0.867. The van der Waals surface area contributed by atoms with Crippen LogP contribution in [0.25, 0.3) is 0 Å². The van der Waals surface area contributed by atoms with Gasteiger partial charge in [0.2, 0.25) is 0 Å². The van der Waals surface area contributed by atoms with E-state index in [1.54, 1.807) is 0 Å². The molecule has 0 aromatic heterocycles. The van der Waals surface area contributed by atoms with E-state index in [0.29, 0.717) is 0 Å². The van der Waals surface area contributed by atoms with E-state index in [4.69, 9.17) is 4.74 Å². The third-order valence-electron chi connectivity index (χ3n) is 3.55. The maximum Gasteiger partial charge on any atom is 0.119 e. The molecule has 0 heterocycles. The maximum absolute atomic E-state index is 10.2. The first-order valence-corrected chi connectivity index (χ1v) is 8.18. The van der Waals surface area contributed by atoms with Gasteiger partial charge in [0, 0.05) is 0 Å². The third kappa shape index (κ3) is 6.95. The van der Waals surface area contributed by atoms with Crippen LogP contribution in [-0.4, -0.2) is 11.7 Å². The highest BCUT2D eigenvalue weighted by Crippen LogP contribution is 2.24. The zero-order valence-corrected chi connectivity index (χ0v) is 13.1. The summed E-state index contributed by atoms with van der Waals surface area (Å²) >= 11 is 0. The van der Waals surface area contributed by atoms with Crippen LogP contribution in [0.3, 0.4) is 0 Å². The Morgan fingerprint density at radius 3 is 2.50 bits per heavy atom. The molecule has 0 fully saturated rings. The summed E-state index contributed by atoms with van der Waals surface area (Å²) in [6.45, 7) is 5.06. The lowest BCUT2D eigenvalue weighted by molar-refractivity contribution is 0.162. The molecule has 1 aromatic carbocycles. The number of rotatable bonds is 11. The molecule has 2 nitrogen and oxygen atoms in total. The number of hydrogen-bond donors (Lipinski definition) is 1. The highest BCUT2D eigenvalue weighted by Gasteiger charge is 2.08. The molecule has 114 valence electrons. The molecule has 0 bridgehead atoms. The van der Waals surface area contributed by atoms with Gasteiger partial charge in [-0.3, -0.25) is 0 Å². The molecule has 0 spiro atoms. The van der Waals surface area contributed by atoms with Crippen molar-refractivity contribution in [2.24, 2.45) is 0 Å². The van der Waals surface area contributed by atoms with Crippen molar-refractivity contribution in [3.8, 4) is 5.75 Å². The van der Waals surface area contributed by atoms with E-state index in [0.717, 1.165) is 37.2 Å². The molecule has 20 heavy (non-hydrogen) atoms. The molecule has 0 aliphatic rings. The van der Waals surface area contributed by atoms with Gasteiger partial charge >= 0.3 is 0 Å². The van der Waals surface area contributed by atoms with Crippen molar-refractivity contribution in [1.29, 1.82) is 0 Å². The smallest absolute Gasteiger partial charge is 0.119 e. The average molecular weight is 278 g/mol. The van der Waals surface area contributed by atoms with Crippen molar-refractivity contribution in [3.05, 3.63) is 29.8 Å². The minimum atomic E-state index is -0.355. The fraction of sp³-hybridized carbons (Fsp3) is 0.667. The first-order valence-electron chi connectivity index (χ1n) is 8.18. The lowest BCUT2D eigenvalue weighted by Gasteiger charge is -2.12. The second-order valence-corrected chi connectivity index (χ2v) is 5.49. The monoisotopic (exact) mass is 278 g/mol. The molecule has 1 N–H and O–H groups in total. The minimum absolute atomic E-state index is 0.355. The summed E-state index contributed by atoms with van der Waals surface area (Å²) in [6, 6.07) is 7.87. The average Bonchev–Trinajstić information content (AvgIpc) is 2.48. The van der Waals surface area contributed by atoms with E-state index in [-0.39, 0.29) is 6.10 Å². The Morgan fingerprint density at radius 2 is 1.75 bits per heavy atom. The summed E-state index contributed by atoms with van der Waals surface area (Å²) in [5, 5.41) is 10.2. The van der Waals surface area contributed by atoms with Crippen molar-refractivity contribution in [2.75, 3.05) is 6.61 Å². The summed E-state index contributed by atoms with van der Waals surface area (Å²) in [5.41, 5.74) is 0.979. The minimum Gasteiger partial charge on any atom is -0.494 e. The molecule has 0 radical (unpaired) electrons. The Balaban J connectivity index is 2.29. The SMILES string of the molecule is CCCCCCCCC(O)c1cccc(OCCC)c1. The number of aliphatic hydroxyl groups is 1. The number of ether oxygens (including phenoxy) is 1. The predicted octanol–water partition coefficient (Wildman–Crippen LogP) is 5.26. The lowest BCUT2D eigenvalue weighted by atomic mass is 10.0. The van der Waals surface area contributed by atoms with Crippen LogP contribution in [0, 0.1) is 0 Å². The van der Waals surface area contributed by atoms with Gasteiger partial charge in [0.25, 0.3) is 0 Å². The first-order chi connectivity index (χ1) is 9.77. The summed E-state index contributed by atoms with van der Waals surface area (Å²) in [6.07, 6.45) is 9.06. The van der Waals surface area contributed by atoms with Crippen LogP contribution >= 0.6 is 0 Å². The standard InChI is InChI=1S/C18H30O2/c1-3-5-6-7-8-9-13-18(19)16-11-10-12-17(15-16)20-14-4-2/h10-12,15,18-19H,3-9,13-14H2,1-2H3. The van der Waals surface area contributed by atoms with Gasteiger partial charge in [-0.15, -0.1) is 0 Å². The Kier molecular flexibility index (Phi) is 9.14. The zero-order valence-electron chi connectivity index (χ0n) is 13.1. The summed E-state index contributed by atoms with van der Waals surface area (Å²) in [7, 11) is 0. The van der Waals surface area contributed by atoms with Gasteiger partial charge in [0.1, 0.15) is 5.75 Å². The van der Waals surface area contributed by atoms with E-state index in [2.05, 4.69) is 13.8 Å². The van der Waals surface area contributed by atoms with Crippen molar-refractivity contribution in [3.63, 3.8) is 0 Å². The molecule has 0 aliphatic carbocycles. The topological polar surface area (TPSA) is 29.5 Å². The van der Waals surface area contributed by atoms with Crippen LogP contribution in [-0.2, 0) is 0 Å². The normalized spacial score (nSPS) is 12.3. The van der Waals surface area contributed by atoms with E-state index >= 15 is 0 Å². The molecule has 1 atom stereocenters. The highest BCUT2D eigenvalue weighted by atomic mass is 16.5. The van der Waals surface area contributed by atoms with E-state index in [1.807, 2.05) is 24.3 Å². The summed E-state index contributed by atoms with van der Waals surface area (Å²) in [4.78, 5) is 0. The molecule has 0 saturated carbocycles. The van der Waals surface area contributed by atoms with Crippen LogP contribution in [0.1, 0.15) is 76.9 Å². The van der Waals surface area contributed by atoms with Crippen molar-refractivity contribution in [1.82, 2.24) is 0 Å². The van der Waals surface area contributed by atoms with E-state index in [9.17, 15) is 5.11 Å². The van der Waals surface area contributed by atoms with Crippen LogP contribution < -0.4 is 4.74 Å². The molecule has 0 amide bonds. The second-order valence-electron chi connectivity index (χ2n) is 5.49. The number of hydrogen-bond acceptors (Lipinski definition) is 2. The maximum atomic E-state index is 10.2. The predicted molar refractivity (Wildman–Crippen MR) is 85.2 cm³/mol. The highest BCUT2D eigenvalue weighted by molar-refractivity contribution is 5.29. The first kappa shape index (κ1) is 17.0. The third-order valence-corrected chi connectivity index (χ3v) is 3.55. The van der Waals surface area contributed by atoms with Crippen molar-refractivity contribution < 1.29 is 9.84 Å². The fourth-order valence-corrected chi connectivity index (χ4v) is 2.32. The zero-order chi connectivity index (χ0) is 14.6. The van der Waals surface area contributed by atoms with Gasteiger partial charge < -0.3 is 9.84 Å². The molecule has 1 unspecified atom stereocenters. The van der Waals surface area contributed by atoms with Gasteiger partial charge in [-0.2, -0.15) is 0 Å². The Hall–Kier alpha value is -1.02. The Morgan fingerprint density at radius 1 is 1.00 bits per heavy atom. The van der Waals surface area contributed by atoms with E-state index in [1.165, 1.54) is 32.1 Å². The van der Waals surface area contributed by atoms with Crippen LogP contribution in [0.15, 0.2) is 24.3 Å². The van der Waals surface area contributed by atoms with Crippen molar-refractivity contribution in [2.45, 2.75) is 71.3 Å². The number of aliphatic hydroxyl groups excluding tert-OH is 1. The molecular formula is C18H30O2. The Bertz CT molecular complexity index is 349. The molecular weight excluding hydrogens is 248 g/mol. The van der Waals surface area contributed by atoms with Gasteiger partial charge in [-0.05, 0) is 30.5 Å². The number of unbranched alkanes of at least 4 members (excludes halogenated alkanes) is 5. The van der Waals surface area contributed by atoms with Gasteiger partial charge in [-0.25, -0.2) is 0 Å². The molecule has 1 rings (SSSR count). The van der Waals surface area contributed by atoms with Crippen molar-refractivity contribution >= 4 is 0 Å². The van der Waals surface area contributed by atoms with Gasteiger partial charge in [0.15, 0.2) is 0 Å². The van der Waals surface area contributed by atoms with E-state index < -0.39 is 0 Å². The second kappa shape index (κ2) is 10.7. The van der Waals surface area contributed by atoms with Gasteiger partial charge in [0.05, 0.1) is 12.7 Å². The Labute approximate surface area is 124 Å². The number of benzene rings is 1. The van der Waals surface area contributed by atoms with Crippen LogP contribution in [0.5, 0.6) is 5.75 Å². The van der Waals surface area contributed by atoms with Gasteiger partial charge in [-0.1, -0.05) is 64.5 Å². The molecule has 1 aromatic rings. The van der Waals surface area contributed by atoms with Crippen LogP contribution in [0.2, 0.25) is 0 Å². The van der Waals surface area contributed by atoms with Crippen LogP contribution in [0.4, 0.5) is 0 Å². The largest absolute Gasteiger partial charge is 0.494 e. The molecule has 2 heteroatoms. The molecule has 0 saturated heterocycles. The quantitative estimate of drug-likeness (QED) is 0.559.